The Kier molecular flexibility index (Phi) is 6.39. The molecule has 1 aliphatic heterocycles. The van der Waals surface area contributed by atoms with Crippen LogP contribution < -0.4 is 10.2 Å². The van der Waals surface area contributed by atoms with Crippen LogP contribution >= 0.6 is 11.8 Å². The number of benzene rings is 1. The van der Waals surface area contributed by atoms with Gasteiger partial charge in [-0.05, 0) is 37.4 Å². The quantitative estimate of drug-likeness (QED) is 0.876. The molecule has 1 amide bonds. The molecule has 2 rings (SSSR count). The highest BCUT2D eigenvalue weighted by Crippen LogP contribution is 2.21. The van der Waals surface area contributed by atoms with Gasteiger partial charge in [-0.25, -0.2) is 0 Å². The van der Waals surface area contributed by atoms with Gasteiger partial charge in [-0.15, -0.1) is 0 Å². The molecule has 1 fully saturated rings. The summed E-state index contributed by atoms with van der Waals surface area (Å²) in [6.07, 6.45) is 0. The summed E-state index contributed by atoms with van der Waals surface area (Å²) in [4.78, 5) is 16.5. The lowest BCUT2D eigenvalue weighted by molar-refractivity contribution is -0.117. The number of carbonyl (C=O) groups excluding carboxylic acids is 1. The zero-order chi connectivity index (χ0) is 15.1. The molecule has 1 aromatic rings. The van der Waals surface area contributed by atoms with E-state index >= 15 is 0 Å². The van der Waals surface area contributed by atoms with Gasteiger partial charge >= 0.3 is 0 Å². The van der Waals surface area contributed by atoms with Crippen molar-refractivity contribution in [1.82, 2.24) is 4.90 Å². The summed E-state index contributed by atoms with van der Waals surface area (Å²) in [7, 11) is 0. The fourth-order valence-corrected chi connectivity index (χ4v) is 3.33. The van der Waals surface area contributed by atoms with E-state index in [0.717, 1.165) is 31.9 Å². The van der Waals surface area contributed by atoms with Gasteiger partial charge in [-0.1, -0.05) is 13.8 Å². The van der Waals surface area contributed by atoms with E-state index in [2.05, 4.69) is 41.1 Å². The molecule has 0 saturated carbocycles. The van der Waals surface area contributed by atoms with Crippen LogP contribution in [0.25, 0.3) is 0 Å². The average Bonchev–Trinajstić information content (AvgIpc) is 2.54. The van der Waals surface area contributed by atoms with Gasteiger partial charge in [0, 0.05) is 36.0 Å². The van der Waals surface area contributed by atoms with Crippen LogP contribution in [0.4, 0.5) is 11.4 Å². The van der Waals surface area contributed by atoms with Crippen molar-refractivity contribution in [3.8, 4) is 0 Å². The van der Waals surface area contributed by atoms with Crippen molar-refractivity contribution in [2.45, 2.75) is 13.8 Å². The first-order valence-corrected chi connectivity index (χ1v) is 8.83. The molecule has 116 valence electrons. The number of likely N-dealkylation sites (N-methyl/N-ethyl adjacent to an activating group) is 1. The van der Waals surface area contributed by atoms with Crippen LogP contribution in [0.1, 0.15) is 13.8 Å². The monoisotopic (exact) mass is 307 g/mol. The molecule has 0 unspecified atom stereocenters. The highest BCUT2D eigenvalue weighted by atomic mass is 32.2. The predicted octanol–water partition coefficient (Wildman–Crippen LogP) is 2.52. The lowest BCUT2D eigenvalue weighted by Gasteiger charge is -2.28. The number of rotatable bonds is 6. The van der Waals surface area contributed by atoms with E-state index in [4.69, 9.17) is 0 Å². The summed E-state index contributed by atoms with van der Waals surface area (Å²) in [6, 6.07) is 8.19. The molecule has 1 aliphatic rings. The minimum atomic E-state index is 0.0563. The smallest absolute Gasteiger partial charge is 0.238 e. The van der Waals surface area contributed by atoms with Crippen molar-refractivity contribution >= 4 is 29.0 Å². The van der Waals surface area contributed by atoms with Crippen LogP contribution in [0.2, 0.25) is 0 Å². The molecule has 1 N–H and O–H groups in total. The van der Waals surface area contributed by atoms with E-state index in [9.17, 15) is 4.79 Å². The fourth-order valence-electron chi connectivity index (χ4n) is 2.43. The molecule has 0 atom stereocenters. The molecule has 0 aliphatic carbocycles. The summed E-state index contributed by atoms with van der Waals surface area (Å²) in [5.74, 6) is 2.45. The second-order valence-electron chi connectivity index (χ2n) is 5.16. The second kappa shape index (κ2) is 8.29. The molecule has 0 spiro atoms. The first-order valence-electron chi connectivity index (χ1n) is 7.68. The normalized spacial score (nSPS) is 15.3. The lowest BCUT2D eigenvalue weighted by Crippen LogP contribution is -2.33. The van der Waals surface area contributed by atoms with E-state index < -0.39 is 0 Å². The topological polar surface area (TPSA) is 35.6 Å². The van der Waals surface area contributed by atoms with Gasteiger partial charge in [0.25, 0.3) is 0 Å². The zero-order valence-corrected chi connectivity index (χ0v) is 13.8. The molecule has 1 heterocycles. The van der Waals surface area contributed by atoms with Crippen LogP contribution in [-0.2, 0) is 4.79 Å². The summed E-state index contributed by atoms with van der Waals surface area (Å²) < 4.78 is 0. The Morgan fingerprint density at radius 3 is 2.38 bits per heavy atom. The average molecular weight is 307 g/mol. The minimum Gasteiger partial charge on any atom is -0.370 e. The standard InChI is InChI=1S/C16H25N3OS/c1-3-18(4-2)13-16(20)17-14-5-7-15(8-6-14)19-9-11-21-12-10-19/h5-8H,3-4,9-13H2,1-2H3,(H,17,20). The van der Waals surface area contributed by atoms with Gasteiger partial charge in [0.2, 0.25) is 5.91 Å². The fraction of sp³-hybridized carbons (Fsp3) is 0.562. The Hall–Kier alpha value is -1.20. The van der Waals surface area contributed by atoms with Gasteiger partial charge < -0.3 is 10.2 Å². The van der Waals surface area contributed by atoms with E-state index in [1.807, 2.05) is 23.9 Å². The number of anilines is 2. The summed E-state index contributed by atoms with van der Waals surface area (Å²) in [5, 5.41) is 2.97. The molecule has 1 saturated heterocycles. The Bertz CT molecular complexity index is 439. The maximum Gasteiger partial charge on any atom is 0.238 e. The number of nitrogens with one attached hydrogen (secondary N) is 1. The second-order valence-corrected chi connectivity index (χ2v) is 6.38. The Labute approximate surface area is 131 Å². The van der Waals surface area contributed by atoms with E-state index in [1.165, 1.54) is 17.2 Å². The van der Waals surface area contributed by atoms with Crippen LogP contribution in [0, 0.1) is 0 Å². The third-order valence-corrected chi connectivity index (χ3v) is 4.73. The largest absolute Gasteiger partial charge is 0.370 e. The number of amides is 1. The highest BCUT2D eigenvalue weighted by molar-refractivity contribution is 7.99. The molecular weight excluding hydrogens is 282 g/mol. The van der Waals surface area contributed by atoms with Gasteiger partial charge in [0.15, 0.2) is 0 Å². The maximum absolute atomic E-state index is 12.0. The minimum absolute atomic E-state index is 0.0563. The zero-order valence-electron chi connectivity index (χ0n) is 13.0. The van der Waals surface area contributed by atoms with Crippen LogP contribution in [-0.4, -0.2) is 55.0 Å². The van der Waals surface area contributed by atoms with Crippen molar-refractivity contribution in [2.24, 2.45) is 0 Å². The van der Waals surface area contributed by atoms with E-state index in [0.29, 0.717) is 6.54 Å². The number of carbonyl (C=O) groups is 1. The molecule has 4 nitrogen and oxygen atoms in total. The molecule has 5 heteroatoms. The first-order chi connectivity index (χ1) is 10.2. The summed E-state index contributed by atoms with van der Waals surface area (Å²) in [5.41, 5.74) is 2.12. The Morgan fingerprint density at radius 1 is 1.19 bits per heavy atom. The third-order valence-electron chi connectivity index (χ3n) is 3.79. The van der Waals surface area contributed by atoms with Crippen molar-refractivity contribution in [3.05, 3.63) is 24.3 Å². The third kappa shape index (κ3) is 4.93. The Balaban J connectivity index is 1.88. The van der Waals surface area contributed by atoms with Gasteiger partial charge in [0.1, 0.15) is 0 Å². The van der Waals surface area contributed by atoms with Gasteiger partial charge in [-0.3, -0.25) is 9.69 Å². The number of nitrogens with zero attached hydrogens (tertiary/aromatic N) is 2. The molecule has 0 bridgehead atoms. The highest BCUT2D eigenvalue weighted by Gasteiger charge is 2.11. The SMILES string of the molecule is CCN(CC)CC(=O)Nc1ccc(N2CCSCC2)cc1. The van der Waals surface area contributed by atoms with Gasteiger partial charge in [0.05, 0.1) is 6.54 Å². The van der Waals surface area contributed by atoms with Crippen molar-refractivity contribution in [3.63, 3.8) is 0 Å². The van der Waals surface area contributed by atoms with E-state index in [1.54, 1.807) is 0 Å². The van der Waals surface area contributed by atoms with E-state index in [-0.39, 0.29) is 5.91 Å². The molecule has 0 radical (unpaired) electrons. The number of thioether (sulfide) groups is 1. The Morgan fingerprint density at radius 2 is 1.81 bits per heavy atom. The summed E-state index contributed by atoms with van der Waals surface area (Å²) >= 11 is 2.01. The number of hydrogen-bond acceptors (Lipinski definition) is 4. The van der Waals surface area contributed by atoms with Crippen LogP contribution in [0.5, 0.6) is 0 Å². The van der Waals surface area contributed by atoms with Crippen LogP contribution in [0.3, 0.4) is 0 Å². The van der Waals surface area contributed by atoms with Gasteiger partial charge in [-0.2, -0.15) is 11.8 Å². The first kappa shape index (κ1) is 16.2. The molecule has 0 aromatic heterocycles. The number of hydrogen-bond donors (Lipinski definition) is 1. The molecule has 1 aromatic carbocycles. The molecular formula is C16H25N3OS. The van der Waals surface area contributed by atoms with Crippen molar-refractivity contribution in [1.29, 1.82) is 0 Å². The summed E-state index contributed by atoms with van der Waals surface area (Å²) in [6.45, 7) is 8.62. The predicted molar refractivity (Wildman–Crippen MR) is 92.4 cm³/mol. The lowest BCUT2D eigenvalue weighted by atomic mass is 10.2. The van der Waals surface area contributed by atoms with Crippen LogP contribution in [0.15, 0.2) is 24.3 Å². The van der Waals surface area contributed by atoms with Crippen molar-refractivity contribution in [2.75, 3.05) is 54.4 Å². The molecule has 21 heavy (non-hydrogen) atoms. The van der Waals surface area contributed by atoms with Crippen molar-refractivity contribution < 1.29 is 4.79 Å². The maximum atomic E-state index is 12.0.